The number of ether oxygens (including phenoxy) is 1. The van der Waals surface area contributed by atoms with Gasteiger partial charge in [0.2, 0.25) is 6.41 Å². The normalized spacial score (nSPS) is 17.0. The average Bonchev–Trinajstić information content (AvgIpc) is 3.00. The Morgan fingerprint density at radius 1 is 1.43 bits per heavy atom. The van der Waals surface area contributed by atoms with Gasteiger partial charge >= 0.3 is 0 Å². The molecule has 1 aliphatic rings. The molecule has 23 heavy (non-hydrogen) atoms. The molecule has 124 valence electrons. The first-order valence-corrected chi connectivity index (χ1v) is 7.75. The zero-order valence-electron chi connectivity index (χ0n) is 13.6. The van der Waals surface area contributed by atoms with E-state index in [1.807, 2.05) is 13.8 Å². The molecule has 0 saturated carbocycles. The Kier molecular flexibility index (Phi) is 4.06. The van der Waals surface area contributed by atoms with E-state index in [1.165, 1.54) is 6.20 Å². The van der Waals surface area contributed by atoms with Gasteiger partial charge in [-0.15, -0.1) is 0 Å². The molecule has 0 aromatic carbocycles. The Labute approximate surface area is 134 Å². The van der Waals surface area contributed by atoms with Crippen molar-refractivity contribution in [3.63, 3.8) is 0 Å². The summed E-state index contributed by atoms with van der Waals surface area (Å²) in [7, 11) is 1.61. The van der Waals surface area contributed by atoms with E-state index in [-0.39, 0.29) is 11.7 Å². The van der Waals surface area contributed by atoms with Crippen molar-refractivity contribution in [2.45, 2.75) is 38.2 Å². The Morgan fingerprint density at radius 3 is 2.74 bits per heavy atom. The smallest absolute Gasteiger partial charge is 0.209 e. The Bertz CT molecular complexity index is 720. The number of hydrogen-bond donors (Lipinski definition) is 1. The van der Waals surface area contributed by atoms with Crippen molar-refractivity contribution < 1.29 is 13.9 Å². The maximum Gasteiger partial charge on any atom is 0.209 e. The van der Waals surface area contributed by atoms with E-state index in [0.29, 0.717) is 35.6 Å². The predicted octanol–water partition coefficient (Wildman–Crippen LogP) is 2.31. The van der Waals surface area contributed by atoms with E-state index in [1.54, 1.807) is 12.0 Å². The third-order valence-electron chi connectivity index (χ3n) is 4.68. The van der Waals surface area contributed by atoms with Crippen LogP contribution < -0.4 is 0 Å². The van der Waals surface area contributed by atoms with Gasteiger partial charge in [0, 0.05) is 25.8 Å². The van der Waals surface area contributed by atoms with Crippen LogP contribution in [0.25, 0.3) is 11.2 Å². The number of imidazole rings is 1. The minimum atomic E-state index is -0.602. The molecule has 1 saturated heterocycles. The number of methoxy groups -OCH3 is 1. The molecule has 0 spiro atoms. The topological polar surface area (TPSA) is 71.1 Å². The number of carbonyl (C=O) groups is 1. The number of halogens is 1. The number of nitrogens with zero attached hydrogens (tertiary/aromatic N) is 3. The number of carbonyl (C=O) groups excluding carboxylic acids is 1. The second-order valence-electron chi connectivity index (χ2n) is 6.43. The van der Waals surface area contributed by atoms with Gasteiger partial charge in [-0.25, -0.2) is 14.4 Å². The fourth-order valence-corrected chi connectivity index (χ4v) is 3.03. The molecule has 0 bridgehead atoms. The number of likely N-dealkylation sites (tertiary alicyclic amines) is 1. The second kappa shape index (κ2) is 5.88. The molecule has 2 aromatic rings. The van der Waals surface area contributed by atoms with Gasteiger partial charge in [-0.1, -0.05) is 0 Å². The van der Waals surface area contributed by atoms with Crippen LogP contribution >= 0.6 is 0 Å². The number of piperidine rings is 1. The summed E-state index contributed by atoms with van der Waals surface area (Å²) in [5.41, 5.74) is 1.15. The number of pyridine rings is 1. The molecule has 1 aliphatic heterocycles. The van der Waals surface area contributed by atoms with Gasteiger partial charge in [0.25, 0.3) is 0 Å². The van der Waals surface area contributed by atoms with Crippen molar-refractivity contribution >= 4 is 17.6 Å². The number of hydrogen-bond acceptors (Lipinski definition) is 4. The minimum Gasteiger partial charge on any atom is -0.371 e. The number of rotatable bonds is 4. The van der Waals surface area contributed by atoms with E-state index in [4.69, 9.17) is 4.74 Å². The molecule has 2 aromatic heterocycles. The number of fused-ring (bicyclic) bond motifs is 1. The van der Waals surface area contributed by atoms with Crippen molar-refractivity contribution in [3.8, 4) is 0 Å². The highest BCUT2D eigenvalue weighted by Crippen LogP contribution is 2.34. The first-order valence-electron chi connectivity index (χ1n) is 7.75. The highest BCUT2D eigenvalue weighted by atomic mass is 19.1. The molecule has 6 nitrogen and oxygen atoms in total. The fraction of sp³-hybridized carbons (Fsp3) is 0.562. The summed E-state index contributed by atoms with van der Waals surface area (Å²) in [6, 6.07) is 0. The van der Waals surface area contributed by atoms with Gasteiger partial charge in [-0.3, -0.25) is 4.79 Å². The van der Waals surface area contributed by atoms with Crippen LogP contribution in [-0.2, 0) is 15.1 Å². The number of aromatic amines is 1. The van der Waals surface area contributed by atoms with Crippen LogP contribution in [0.5, 0.6) is 0 Å². The lowest BCUT2D eigenvalue weighted by molar-refractivity contribution is -0.119. The van der Waals surface area contributed by atoms with E-state index in [9.17, 15) is 9.18 Å². The Morgan fingerprint density at radius 2 is 2.13 bits per heavy atom. The van der Waals surface area contributed by atoms with Crippen LogP contribution in [0.3, 0.4) is 0 Å². The number of nitrogens with one attached hydrogen (secondary N) is 1. The minimum absolute atomic E-state index is 0.0515. The lowest BCUT2D eigenvalue weighted by atomic mass is 9.89. The highest BCUT2D eigenvalue weighted by molar-refractivity contribution is 5.76. The fourth-order valence-electron chi connectivity index (χ4n) is 3.03. The van der Waals surface area contributed by atoms with Gasteiger partial charge in [0.05, 0.1) is 11.7 Å². The standard InChI is InChI=1S/C16H21FN4O2/c1-16(2,23-3)15-19-13-12(11(17)8-18-14(13)20-15)10-4-6-21(9-22)7-5-10/h8-10H,4-7H2,1-3H3,(H,18,19,20). The van der Waals surface area contributed by atoms with E-state index >= 15 is 0 Å². The summed E-state index contributed by atoms with van der Waals surface area (Å²) >= 11 is 0. The van der Waals surface area contributed by atoms with Gasteiger partial charge in [-0.05, 0) is 32.6 Å². The number of aromatic nitrogens is 3. The van der Waals surface area contributed by atoms with Crippen LogP contribution in [0.15, 0.2) is 6.20 Å². The largest absolute Gasteiger partial charge is 0.371 e. The van der Waals surface area contributed by atoms with Gasteiger partial charge in [0.1, 0.15) is 17.2 Å². The van der Waals surface area contributed by atoms with Crippen molar-refractivity contribution in [1.29, 1.82) is 0 Å². The van der Waals surface area contributed by atoms with Crippen molar-refractivity contribution in [2.75, 3.05) is 20.2 Å². The van der Waals surface area contributed by atoms with Crippen LogP contribution in [0.4, 0.5) is 4.39 Å². The summed E-state index contributed by atoms with van der Waals surface area (Å²) < 4.78 is 19.9. The molecule has 0 unspecified atom stereocenters. The van der Waals surface area contributed by atoms with Crippen LogP contribution in [0.1, 0.15) is 44.0 Å². The Balaban J connectivity index is 2.02. The van der Waals surface area contributed by atoms with Gasteiger partial charge < -0.3 is 14.6 Å². The van der Waals surface area contributed by atoms with Crippen LogP contribution in [0, 0.1) is 5.82 Å². The third-order valence-corrected chi connectivity index (χ3v) is 4.68. The quantitative estimate of drug-likeness (QED) is 0.878. The summed E-state index contributed by atoms with van der Waals surface area (Å²) in [6.45, 7) is 5.07. The van der Waals surface area contributed by atoms with Gasteiger partial charge in [0.15, 0.2) is 5.65 Å². The molecule has 3 heterocycles. The van der Waals surface area contributed by atoms with Gasteiger partial charge in [-0.2, -0.15) is 0 Å². The lowest BCUT2D eigenvalue weighted by Gasteiger charge is -2.29. The highest BCUT2D eigenvalue weighted by Gasteiger charge is 2.29. The summed E-state index contributed by atoms with van der Waals surface area (Å²) in [6.07, 6.45) is 3.55. The predicted molar refractivity (Wildman–Crippen MR) is 83.5 cm³/mol. The van der Waals surface area contributed by atoms with Crippen LogP contribution in [-0.4, -0.2) is 46.5 Å². The van der Waals surface area contributed by atoms with E-state index in [2.05, 4.69) is 15.0 Å². The zero-order chi connectivity index (χ0) is 16.6. The van der Waals surface area contributed by atoms with Crippen molar-refractivity contribution in [3.05, 3.63) is 23.4 Å². The van der Waals surface area contributed by atoms with E-state index in [0.717, 1.165) is 19.3 Å². The SMILES string of the molecule is COC(C)(C)c1nc2ncc(F)c(C3CCN(C=O)CC3)c2[nH]1. The molecular formula is C16H21FN4O2. The maximum atomic E-state index is 14.4. The zero-order valence-corrected chi connectivity index (χ0v) is 13.6. The first kappa shape index (κ1) is 15.9. The summed E-state index contributed by atoms with van der Waals surface area (Å²) in [5, 5.41) is 0. The van der Waals surface area contributed by atoms with Crippen LogP contribution in [0.2, 0.25) is 0 Å². The number of amides is 1. The molecule has 3 rings (SSSR count). The Hall–Kier alpha value is -2.02. The molecule has 1 fully saturated rings. The average molecular weight is 320 g/mol. The molecule has 0 aliphatic carbocycles. The van der Waals surface area contributed by atoms with E-state index < -0.39 is 5.60 Å². The molecule has 0 atom stereocenters. The maximum absolute atomic E-state index is 14.4. The molecule has 1 amide bonds. The number of H-pyrrole nitrogens is 1. The second-order valence-corrected chi connectivity index (χ2v) is 6.43. The lowest BCUT2D eigenvalue weighted by Crippen LogP contribution is -2.32. The molecule has 0 radical (unpaired) electrons. The third kappa shape index (κ3) is 2.81. The van der Waals surface area contributed by atoms with Crippen molar-refractivity contribution in [2.24, 2.45) is 0 Å². The molecule has 1 N–H and O–H groups in total. The molecular weight excluding hydrogens is 299 g/mol. The summed E-state index contributed by atoms with van der Waals surface area (Å²) in [5.74, 6) is 0.350. The molecule has 7 heteroatoms. The van der Waals surface area contributed by atoms with Crippen molar-refractivity contribution in [1.82, 2.24) is 19.9 Å². The first-order chi connectivity index (χ1) is 11.0. The monoisotopic (exact) mass is 320 g/mol. The summed E-state index contributed by atoms with van der Waals surface area (Å²) in [4.78, 5) is 24.3.